The third-order valence-corrected chi connectivity index (χ3v) is 2.23. The summed E-state index contributed by atoms with van der Waals surface area (Å²) in [5, 5.41) is 0. The van der Waals surface area contributed by atoms with E-state index in [0.29, 0.717) is 6.42 Å². The molecule has 0 saturated carbocycles. The maximum atomic E-state index is 12.5. The molecular weight excluding hydrogens is 273 g/mol. The van der Waals surface area contributed by atoms with Crippen LogP contribution in [-0.2, 0) is 4.74 Å². The van der Waals surface area contributed by atoms with Gasteiger partial charge in [-0.2, -0.15) is 0 Å². The minimum atomic E-state index is -5.01. The molecule has 98 valence electrons. The van der Waals surface area contributed by atoms with Gasteiger partial charge in [0.1, 0.15) is 5.60 Å². The summed E-state index contributed by atoms with van der Waals surface area (Å²) in [5.74, 6) is 0. The predicted molar refractivity (Wildman–Crippen MR) is 59.3 cm³/mol. The summed E-state index contributed by atoms with van der Waals surface area (Å²) in [6.45, 7) is 0.278. The fourth-order valence-corrected chi connectivity index (χ4v) is 1.50. The van der Waals surface area contributed by atoms with Gasteiger partial charge in [0.25, 0.3) is 0 Å². The molecule has 18 heavy (non-hydrogen) atoms. The maximum Gasteiger partial charge on any atom is 1.00 e. The van der Waals surface area contributed by atoms with Gasteiger partial charge in [-0.1, -0.05) is 6.42 Å². The van der Waals surface area contributed by atoms with Crippen LogP contribution in [0.15, 0.2) is 11.7 Å². The third-order valence-electron chi connectivity index (χ3n) is 2.23. The second-order valence-electron chi connectivity index (χ2n) is 5.06. The molecule has 1 amide bonds. The molecule has 0 radical (unpaired) electrons. The van der Waals surface area contributed by atoms with Gasteiger partial charge in [-0.05, 0) is 33.4 Å². The summed E-state index contributed by atoms with van der Waals surface area (Å²) in [4.78, 5) is 12.6. The Balaban J connectivity index is 0.00000289. The predicted octanol–water partition coefficient (Wildman–Crippen LogP) is 0.292. The van der Waals surface area contributed by atoms with Crippen LogP contribution in [0.2, 0.25) is 0 Å². The molecule has 0 saturated heterocycles. The van der Waals surface area contributed by atoms with Crippen LogP contribution in [0.25, 0.3) is 0 Å². The molecule has 1 rings (SSSR count). The molecule has 0 aliphatic carbocycles. The van der Waals surface area contributed by atoms with Gasteiger partial charge in [-0.15, -0.1) is 5.47 Å². The average molecular weight is 289 g/mol. The Bertz CT molecular complexity index is 339. The SMILES string of the molecule is CC(C)(C)OC(=O)N1C=C([B-](F)(F)F)CCC1.[K+]. The van der Waals surface area contributed by atoms with Crippen molar-refractivity contribution in [1.29, 1.82) is 0 Å². The smallest absolute Gasteiger partial charge is 0.445 e. The van der Waals surface area contributed by atoms with Gasteiger partial charge >= 0.3 is 64.5 Å². The minimum absolute atomic E-state index is 0. The molecule has 0 atom stereocenters. The van der Waals surface area contributed by atoms with E-state index in [4.69, 9.17) is 4.74 Å². The van der Waals surface area contributed by atoms with Crippen LogP contribution in [0, 0.1) is 0 Å². The van der Waals surface area contributed by atoms with E-state index >= 15 is 0 Å². The van der Waals surface area contributed by atoms with Crippen molar-refractivity contribution in [2.24, 2.45) is 0 Å². The first-order chi connectivity index (χ1) is 7.59. The quantitative estimate of drug-likeness (QED) is 0.650. The van der Waals surface area contributed by atoms with E-state index < -0.39 is 24.1 Å². The Morgan fingerprint density at radius 1 is 1.39 bits per heavy atom. The van der Waals surface area contributed by atoms with Crippen LogP contribution in [0.3, 0.4) is 0 Å². The number of nitrogens with zero attached hydrogens (tertiary/aromatic N) is 1. The van der Waals surface area contributed by atoms with Gasteiger partial charge in [0.15, 0.2) is 0 Å². The van der Waals surface area contributed by atoms with Crippen LogP contribution >= 0.6 is 0 Å². The normalized spacial score (nSPS) is 16.8. The van der Waals surface area contributed by atoms with Crippen molar-refractivity contribution in [1.82, 2.24) is 4.90 Å². The zero-order chi connectivity index (χ0) is 13.3. The molecule has 0 bridgehead atoms. The van der Waals surface area contributed by atoms with Crippen molar-refractivity contribution in [2.45, 2.75) is 39.2 Å². The fraction of sp³-hybridized carbons (Fsp3) is 0.700. The van der Waals surface area contributed by atoms with E-state index in [9.17, 15) is 17.7 Å². The molecule has 1 aliphatic heterocycles. The van der Waals surface area contributed by atoms with Crippen molar-refractivity contribution in [3.63, 3.8) is 0 Å². The summed E-state index contributed by atoms with van der Waals surface area (Å²) in [6, 6.07) is 0. The number of halogens is 3. The van der Waals surface area contributed by atoms with Crippen molar-refractivity contribution >= 4 is 13.1 Å². The number of carbonyl (C=O) groups is 1. The number of carbonyl (C=O) groups excluding carboxylic acids is 1. The molecular formula is C10H16BF3KNO2. The molecule has 0 aromatic heterocycles. The van der Waals surface area contributed by atoms with Gasteiger partial charge in [-0.3, -0.25) is 4.90 Å². The standard InChI is InChI=1S/C10H16BF3NO2.K/c1-10(2,3)17-9(16)15-6-4-5-8(7-15)11(12,13)14;/h7H,4-6H2,1-3H3;/q-1;+1. The Morgan fingerprint density at radius 2 is 1.94 bits per heavy atom. The van der Waals surface area contributed by atoms with Crippen LogP contribution in [0.1, 0.15) is 33.6 Å². The topological polar surface area (TPSA) is 29.5 Å². The monoisotopic (exact) mass is 289 g/mol. The van der Waals surface area contributed by atoms with Gasteiger partial charge in [0.05, 0.1) is 0 Å². The molecule has 1 heterocycles. The van der Waals surface area contributed by atoms with E-state index in [1.807, 2.05) is 0 Å². The second kappa shape index (κ2) is 6.79. The Morgan fingerprint density at radius 3 is 2.39 bits per heavy atom. The maximum absolute atomic E-state index is 12.5. The number of hydrogen-bond donors (Lipinski definition) is 0. The van der Waals surface area contributed by atoms with E-state index in [-0.39, 0.29) is 64.4 Å². The molecule has 0 aromatic rings. The van der Waals surface area contributed by atoms with E-state index in [0.717, 1.165) is 11.1 Å². The summed E-state index contributed by atoms with van der Waals surface area (Å²) >= 11 is 0. The zero-order valence-corrected chi connectivity index (χ0v) is 14.3. The summed E-state index contributed by atoms with van der Waals surface area (Å²) in [6.07, 6.45) is 0.432. The Kier molecular flexibility index (Phi) is 6.97. The largest absolute Gasteiger partial charge is 1.00 e. The minimum Gasteiger partial charge on any atom is -0.445 e. The molecule has 0 aromatic carbocycles. The number of rotatable bonds is 1. The number of hydrogen-bond acceptors (Lipinski definition) is 2. The Hall–Kier alpha value is 0.501. The molecule has 0 unspecified atom stereocenters. The zero-order valence-electron chi connectivity index (χ0n) is 11.2. The fourth-order valence-electron chi connectivity index (χ4n) is 1.50. The number of ether oxygens (including phenoxy) is 1. The van der Waals surface area contributed by atoms with Crippen molar-refractivity contribution in [3.05, 3.63) is 11.7 Å². The molecule has 1 aliphatic rings. The Labute approximate surface area is 148 Å². The number of amides is 1. The number of allylic oxidation sites excluding steroid dienone is 1. The molecule has 8 heteroatoms. The first-order valence-electron chi connectivity index (χ1n) is 5.50. The van der Waals surface area contributed by atoms with Crippen LogP contribution in [0.4, 0.5) is 17.7 Å². The van der Waals surface area contributed by atoms with Gasteiger partial charge in [0, 0.05) is 6.54 Å². The molecule has 0 N–H and O–H groups in total. The van der Waals surface area contributed by atoms with Gasteiger partial charge in [-0.25, -0.2) is 4.79 Å². The van der Waals surface area contributed by atoms with Crippen molar-refractivity contribution < 1.29 is 73.9 Å². The van der Waals surface area contributed by atoms with Crippen LogP contribution < -0.4 is 51.4 Å². The van der Waals surface area contributed by atoms with E-state index in [1.54, 1.807) is 20.8 Å². The molecule has 0 fully saturated rings. The van der Waals surface area contributed by atoms with Crippen molar-refractivity contribution in [3.8, 4) is 0 Å². The van der Waals surface area contributed by atoms with Gasteiger partial charge in [0.2, 0.25) is 0 Å². The summed E-state index contributed by atoms with van der Waals surface area (Å²) < 4.78 is 42.6. The first-order valence-corrected chi connectivity index (χ1v) is 5.50. The molecule has 3 nitrogen and oxygen atoms in total. The third kappa shape index (κ3) is 6.10. The van der Waals surface area contributed by atoms with Crippen molar-refractivity contribution in [2.75, 3.05) is 6.54 Å². The van der Waals surface area contributed by atoms with E-state index in [1.165, 1.54) is 0 Å². The first kappa shape index (κ1) is 18.5. The summed E-state index contributed by atoms with van der Waals surface area (Å²) in [7, 11) is 0. The summed E-state index contributed by atoms with van der Waals surface area (Å²) in [5.41, 5.74) is -1.33. The molecule has 0 spiro atoms. The average Bonchev–Trinajstić information content (AvgIpc) is 2.14. The second-order valence-corrected chi connectivity index (χ2v) is 5.06. The van der Waals surface area contributed by atoms with E-state index in [2.05, 4.69) is 0 Å². The van der Waals surface area contributed by atoms with Gasteiger partial charge < -0.3 is 17.7 Å². The van der Waals surface area contributed by atoms with Crippen LogP contribution in [-0.4, -0.2) is 30.1 Å². The van der Waals surface area contributed by atoms with Crippen LogP contribution in [0.5, 0.6) is 0 Å².